The van der Waals surface area contributed by atoms with Crippen LogP contribution in [0.1, 0.15) is 10.4 Å². The van der Waals surface area contributed by atoms with Gasteiger partial charge in [-0.2, -0.15) is 0 Å². The Balaban J connectivity index is 0.00000225. The van der Waals surface area contributed by atoms with Gasteiger partial charge < -0.3 is 10.2 Å². The van der Waals surface area contributed by atoms with Gasteiger partial charge >= 0.3 is 0 Å². The van der Waals surface area contributed by atoms with Gasteiger partial charge in [0.1, 0.15) is 0 Å². The molecule has 1 rings (SSSR count). The Morgan fingerprint density at radius 2 is 2.06 bits per heavy atom. The molecule has 1 aromatic rings. The van der Waals surface area contributed by atoms with Crippen LogP contribution in [0.5, 0.6) is 0 Å². The lowest BCUT2D eigenvalue weighted by molar-refractivity contribution is 0.0797. The summed E-state index contributed by atoms with van der Waals surface area (Å²) in [5.74, 6) is -0.0455. The molecule has 5 heteroatoms. The molecule has 0 radical (unpaired) electrons. The van der Waals surface area contributed by atoms with Crippen LogP contribution in [0.4, 0.5) is 0 Å². The predicted octanol–water partition coefficient (Wildman–Crippen LogP) is 2.05. The van der Waals surface area contributed by atoms with E-state index >= 15 is 0 Å². The zero-order valence-corrected chi connectivity index (χ0v) is 10.9. The van der Waals surface area contributed by atoms with E-state index < -0.39 is 0 Å². The van der Waals surface area contributed by atoms with Crippen LogP contribution in [-0.4, -0.2) is 38.0 Å². The molecule has 0 saturated carbocycles. The number of carbonyl (C=O) groups is 1. The normalized spacial score (nSPS) is 9.44. The summed E-state index contributed by atoms with van der Waals surface area (Å²) in [6.07, 6.45) is 0. The Bertz CT molecular complexity index is 345. The number of hydrogen-bond donors (Lipinski definition) is 1. The van der Waals surface area contributed by atoms with Crippen molar-refractivity contribution in [3.63, 3.8) is 0 Å². The molecule has 1 N–H and O–H groups in total. The van der Waals surface area contributed by atoms with Crippen LogP contribution in [0.15, 0.2) is 24.3 Å². The van der Waals surface area contributed by atoms with Crippen LogP contribution in [0.25, 0.3) is 0 Å². The van der Waals surface area contributed by atoms with Crippen molar-refractivity contribution in [3.8, 4) is 0 Å². The molecule has 3 nitrogen and oxygen atoms in total. The summed E-state index contributed by atoms with van der Waals surface area (Å²) in [6, 6.07) is 7.08. The SMILES string of the molecule is CNCCN(C)C(=O)c1ccccc1Cl.Cl. The number of benzene rings is 1. The molecular formula is C11H16Cl2N2O. The van der Waals surface area contributed by atoms with Crippen LogP contribution in [0.2, 0.25) is 5.02 Å². The van der Waals surface area contributed by atoms with Gasteiger partial charge in [0, 0.05) is 20.1 Å². The lowest BCUT2D eigenvalue weighted by Crippen LogP contribution is -2.32. The van der Waals surface area contributed by atoms with Crippen LogP contribution in [-0.2, 0) is 0 Å². The summed E-state index contributed by atoms with van der Waals surface area (Å²) in [7, 11) is 3.62. The van der Waals surface area contributed by atoms with E-state index in [0.717, 1.165) is 6.54 Å². The largest absolute Gasteiger partial charge is 0.340 e. The second kappa shape index (κ2) is 7.49. The van der Waals surface area contributed by atoms with Crippen molar-refractivity contribution >= 4 is 29.9 Å². The highest BCUT2D eigenvalue weighted by Crippen LogP contribution is 2.16. The Labute approximate surface area is 107 Å². The molecule has 0 spiro atoms. The molecule has 0 aromatic heterocycles. The molecule has 0 unspecified atom stereocenters. The second-order valence-corrected chi connectivity index (χ2v) is 3.72. The molecule has 0 bridgehead atoms. The van der Waals surface area contributed by atoms with E-state index in [0.29, 0.717) is 17.1 Å². The molecule has 0 aliphatic carbocycles. The van der Waals surface area contributed by atoms with Crippen molar-refractivity contribution < 1.29 is 4.79 Å². The molecule has 1 amide bonds. The number of hydrogen-bond acceptors (Lipinski definition) is 2. The van der Waals surface area contributed by atoms with Crippen molar-refractivity contribution in [2.75, 3.05) is 27.2 Å². The Kier molecular flexibility index (Phi) is 7.13. The average Bonchev–Trinajstić information content (AvgIpc) is 2.25. The number of rotatable bonds is 4. The van der Waals surface area contributed by atoms with Gasteiger partial charge in [0.05, 0.1) is 10.6 Å². The van der Waals surface area contributed by atoms with Crippen LogP contribution < -0.4 is 5.32 Å². The molecule has 0 fully saturated rings. The summed E-state index contributed by atoms with van der Waals surface area (Å²) in [6.45, 7) is 1.44. The highest BCUT2D eigenvalue weighted by atomic mass is 35.5. The van der Waals surface area contributed by atoms with E-state index in [-0.39, 0.29) is 18.3 Å². The van der Waals surface area contributed by atoms with E-state index in [9.17, 15) is 4.79 Å². The number of amides is 1. The van der Waals surface area contributed by atoms with Crippen molar-refractivity contribution in [2.45, 2.75) is 0 Å². The number of nitrogens with zero attached hydrogens (tertiary/aromatic N) is 1. The first-order chi connectivity index (χ1) is 7.16. The van der Waals surface area contributed by atoms with Gasteiger partial charge in [-0.3, -0.25) is 4.79 Å². The van der Waals surface area contributed by atoms with Crippen molar-refractivity contribution in [1.29, 1.82) is 0 Å². The molecule has 0 aliphatic rings. The maximum atomic E-state index is 11.9. The fraction of sp³-hybridized carbons (Fsp3) is 0.364. The van der Waals surface area contributed by atoms with Crippen LogP contribution in [0.3, 0.4) is 0 Å². The number of carbonyl (C=O) groups excluding carboxylic acids is 1. The lowest BCUT2D eigenvalue weighted by atomic mass is 10.2. The minimum absolute atomic E-state index is 0. The van der Waals surface area contributed by atoms with Crippen LogP contribution >= 0.6 is 24.0 Å². The highest BCUT2D eigenvalue weighted by molar-refractivity contribution is 6.33. The molecular weight excluding hydrogens is 247 g/mol. The zero-order chi connectivity index (χ0) is 11.3. The summed E-state index contributed by atoms with van der Waals surface area (Å²) >= 11 is 5.93. The van der Waals surface area contributed by atoms with Gasteiger partial charge in [-0.1, -0.05) is 23.7 Å². The maximum absolute atomic E-state index is 11.9. The second-order valence-electron chi connectivity index (χ2n) is 3.31. The van der Waals surface area contributed by atoms with Gasteiger partial charge in [0.25, 0.3) is 5.91 Å². The standard InChI is InChI=1S/C11H15ClN2O.ClH/c1-13-7-8-14(2)11(15)9-5-3-4-6-10(9)12;/h3-6,13H,7-8H2,1-2H3;1H. The lowest BCUT2D eigenvalue weighted by Gasteiger charge is -2.17. The molecule has 16 heavy (non-hydrogen) atoms. The van der Waals surface area contributed by atoms with Gasteiger partial charge in [-0.25, -0.2) is 0 Å². The Morgan fingerprint density at radius 1 is 1.44 bits per heavy atom. The molecule has 90 valence electrons. The smallest absolute Gasteiger partial charge is 0.255 e. The third-order valence-electron chi connectivity index (χ3n) is 2.15. The molecule has 0 saturated heterocycles. The number of likely N-dealkylation sites (N-methyl/N-ethyl adjacent to an activating group) is 2. The van der Waals surface area contributed by atoms with Gasteiger partial charge in [0.2, 0.25) is 0 Å². The number of halogens is 2. The first-order valence-electron chi connectivity index (χ1n) is 4.81. The molecule has 0 atom stereocenters. The third-order valence-corrected chi connectivity index (χ3v) is 2.48. The van der Waals surface area contributed by atoms with E-state index in [4.69, 9.17) is 11.6 Å². The number of nitrogens with one attached hydrogen (secondary N) is 1. The molecule has 0 heterocycles. The summed E-state index contributed by atoms with van der Waals surface area (Å²) < 4.78 is 0. The summed E-state index contributed by atoms with van der Waals surface area (Å²) in [5.41, 5.74) is 0.553. The highest BCUT2D eigenvalue weighted by Gasteiger charge is 2.13. The quantitative estimate of drug-likeness (QED) is 0.901. The fourth-order valence-corrected chi connectivity index (χ4v) is 1.44. The Hall–Kier alpha value is -0.770. The predicted molar refractivity (Wildman–Crippen MR) is 69.6 cm³/mol. The van der Waals surface area contributed by atoms with Gasteiger partial charge in [-0.15, -0.1) is 12.4 Å². The molecule has 0 aliphatic heterocycles. The van der Waals surface area contributed by atoms with Crippen LogP contribution in [0, 0.1) is 0 Å². The average molecular weight is 263 g/mol. The van der Waals surface area contributed by atoms with Gasteiger partial charge in [0.15, 0.2) is 0 Å². The monoisotopic (exact) mass is 262 g/mol. The minimum atomic E-state index is -0.0455. The van der Waals surface area contributed by atoms with Crippen molar-refractivity contribution in [1.82, 2.24) is 10.2 Å². The maximum Gasteiger partial charge on any atom is 0.255 e. The van der Waals surface area contributed by atoms with Crippen molar-refractivity contribution in [3.05, 3.63) is 34.9 Å². The van der Waals surface area contributed by atoms with Crippen molar-refractivity contribution in [2.24, 2.45) is 0 Å². The van der Waals surface area contributed by atoms with E-state index in [1.165, 1.54) is 0 Å². The molecule has 1 aromatic carbocycles. The first-order valence-corrected chi connectivity index (χ1v) is 5.19. The van der Waals surface area contributed by atoms with Gasteiger partial charge in [-0.05, 0) is 19.2 Å². The van der Waals surface area contributed by atoms with E-state index in [1.54, 1.807) is 24.1 Å². The zero-order valence-electron chi connectivity index (χ0n) is 9.37. The fourth-order valence-electron chi connectivity index (χ4n) is 1.22. The van der Waals surface area contributed by atoms with E-state index in [1.807, 2.05) is 19.2 Å². The summed E-state index contributed by atoms with van der Waals surface area (Å²) in [4.78, 5) is 13.5. The minimum Gasteiger partial charge on any atom is -0.340 e. The topological polar surface area (TPSA) is 32.3 Å². The summed E-state index contributed by atoms with van der Waals surface area (Å²) in [5, 5.41) is 3.49. The third kappa shape index (κ3) is 4.00. The first kappa shape index (κ1) is 15.2. The Morgan fingerprint density at radius 3 is 2.62 bits per heavy atom. The van der Waals surface area contributed by atoms with E-state index in [2.05, 4.69) is 5.32 Å².